The highest BCUT2D eigenvalue weighted by Crippen LogP contribution is 2.41. The van der Waals surface area contributed by atoms with Crippen LogP contribution in [0.3, 0.4) is 0 Å². The molecule has 2 aromatic rings. The SMILES string of the molecule is COC(=O)C1(n2cc3cc(Br)c(OC)cc3n2)CCC1. The first-order valence-electron chi connectivity index (χ1n) is 6.42. The number of carbonyl (C=O) groups is 1. The highest BCUT2D eigenvalue weighted by Gasteiger charge is 2.48. The number of aromatic nitrogens is 2. The summed E-state index contributed by atoms with van der Waals surface area (Å²) in [6.07, 6.45) is 4.45. The van der Waals surface area contributed by atoms with E-state index >= 15 is 0 Å². The maximum Gasteiger partial charge on any atom is 0.333 e. The van der Waals surface area contributed by atoms with Crippen LogP contribution in [0.4, 0.5) is 0 Å². The van der Waals surface area contributed by atoms with Gasteiger partial charge in [0, 0.05) is 17.6 Å². The normalized spacial score (nSPS) is 16.8. The predicted molar refractivity (Wildman–Crippen MR) is 77.8 cm³/mol. The van der Waals surface area contributed by atoms with E-state index in [9.17, 15) is 4.79 Å². The molecule has 0 saturated heterocycles. The number of halogens is 1. The molecule has 1 aliphatic carbocycles. The molecule has 0 bridgehead atoms. The summed E-state index contributed by atoms with van der Waals surface area (Å²) in [4.78, 5) is 12.1. The van der Waals surface area contributed by atoms with Gasteiger partial charge in [0.2, 0.25) is 0 Å². The van der Waals surface area contributed by atoms with Gasteiger partial charge in [0.25, 0.3) is 0 Å². The molecule has 0 spiro atoms. The van der Waals surface area contributed by atoms with Crippen LogP contribution in [-0.4, -0.2) is 30.0 Å². The number of esters is 1. The minimum absolute atomic E-state index is 0.220. The van der Waals surface area contributed by atoms with Crippen molar-refractivity contribution in [3.63, 3.8) is 0 Å². The summed E-state index contributed by atoms with van der Waals surface area (Å²) in [5.74, 6) is 0.506. The Morgan fingerprint density at radius 3 is 2.70 bits per heavy atom. The molecule has 3 rings (SSSR count). The second-order valence-corrected chi connectivity index (χ2v) is 5.85. The molecule has 6 heteroatoms. The molecular weight excluding hydrogens is 324 g/mol. The third kappa shape index (κ3) is 1.82. The Labute approximate surface area is 125 Å². The van der Waals surface area contributed by atoms with E-state index in [1.807, 2.05) is 18.3 Å². The molecule has 0 radical (unpaired) electrons. The molecular formula is C14H15BrN2O3. The summed E-state index contributed by atoms with van der Waals surface area (Å²) in [7, 11) is 3.04. The van der Waals surface area contributed by atoms with E-state index in [-0.39, 0.29) is 5.97 Å². The van der Waals surface area contributed by atoms with Gasteiger partial charge < -0.3 is 9.47 Å². The van der Waals surface area contributed by atoms with Crippen molar-refractivity contribution in [2.24, 2.45) is 0 Å². The number of fused-ring (bicyclic) bond motifs is 1. The largest absolute Gasteiger partial charge is 0.495 e. The molecule has 0 N–H and O–H groups in total. The standard InChI is InChI=1S/C14H15BrN2O3/c1-19-12-7-11-9(6-10(12)15)8-17(16-11)14(4-3-5-14)13(18)20-2/h6-8H,3-5H2,1-2H3. The highest BCUT2D eigenvalue weighted by atomic mass is 79.9. The number of hydrogen-bond donors (Lipinski definition) is 0. The maximum absolute atomic E-state index is 12.1. The number of methoxy groups -OCH3 is 2. The van der Waals surface area contributed by atoms with Crippen molar-refractivity contribution in [2.45, 2.75) is 24.8 Å². The maximum atomic E-state index is 12.1. The zero-order chi connectivity index (χ0) is 14.3. The zero-order valence-corrected chi connectivity index (χ0v) is 12.9. The molecule has 1 fully saturated rings. The van der Waals surface area contributed by atoms with Crippen LogP contribution in [0.2, 0.25) is 0 Å². The van der Waals surface area contributed by atoms with Gasteiger partial charge in [0.1, 0.15) is 5.75 Å². The summed E-state index contributed by atoms with van der Waals surface area (Å²) in [6.45, 7) is 0. The summed E-state index contributed by atoms with van der Waals surface area (Å²) in [5, 5.41) is 5.51. The molecule has 0 amide bonds. The first kappa shape index (κ1) is 13.4. The third-order valence-electron chi connectivity index (χ3n) is 3.96. The van der Waals surface area contributed by atoms with Gasteiger partial charge in [-0.15, -0.1) is 0 Å². The number of carbonyl (C=O) groups excluding carboxylic acids is 1. The minimum Gasteiger partial charge on any atom is -0.495 e. The number of nitrogens with zero attached hydrogens (tertiary/aromatic N) is 2. The van der Waals surface area contributed by atoms with Crippen molar-refractivity contribution in [3.8, 4) is 5.75 Å². The van der Waals surface area contributed by atoms with E-state index in [0.29, 0.717) is 0 Å². The van der Waals surface area contributed by atoms with Crippen molar-refractivity contribution >= 4 is 32.8 Å². The van der Waals surface area contributed by atoms with Crippen LogP contribution in [0, 0.1) is 0 Å². The summed E-state index contributed by atoms with van der Waals surface area (Å²) >= 11 is 3.46. The van der Waals surface area contributed by atoms with Gasteiger partial charge in [-0.25, -0.2) is 4.79 Å². The molecule has 20 heavy (non-hydrogen) atoms. The van der Waals surface area contributed by atoms with E-state index in [1.54, 1.807) is 11.8 Å². The number of rotatable bonds is 3. The average Bonchev–Trinajstić information content (AvgIpc) is 2.78. The molecule has 0 atom stereocenters. The summed E-state index contributed by atoms with van der Waals surface area (Å²) in [6, 6.07) is 3.81. The number of hydrogen-bond acceptors (Lipinski definition) is 4. The Morgan fingerprint density at radius 2 is 2.15 bits per heavy atom. The van der Waals surface area contributed by atoms with Crippen molar-refractivity contribution in [3.05, 3.63) is 22.8 Å². The second kappa shape index (κ2) is 4.77. The first-order valence-corrected chi connectivity index (χ1v) is 7.22. The van der Waals surface area contributed by atoms with Gasteiger partial charge in [-0.1, -0.05) is 0 Å². The molecule has 1 heterocycles. The predicted octanol–water partition coefficient (Wildman–Crippen LogP) is 2.86. The molecule has 1 aromatic carbocycles. The van der Waals surface area contributed by atoms with Crippen LogP contribution in [0.25, 0.3) is 10.9 Å². The van der Waals surface area contributed by atoms with Crippen LogP contribution in [-0.2, 0) is 15.1 Å². The lowest BCUT2D eigenvalue weighted by molar-refractivity contribution is -0.157. The molecule has 0 unspecified atom stereocenters. The van der Waals surface area contributed by atoms with Gasteiger partial charge in [0.15, 0.2) is 5.54 Å². The average molecular weight is 339 g/mol. The quantitative estimate of drug-likeness (QED) is 0.807. The molecule has 1 aromatic heterocycles. The van der Waals surface area contributed by atoms with Gasteiger partial charge in [-0.3, -0.25) is 4.68 Å². The van der Waals surface area contributed by atoms with E-state index in [2.05, 4.69) is 21.0 Å². The van der Waals surface area contributed by atoms with Crippen LogP contribution >= 0.6 is 15.9 Å². The lowest BCUT2D eigenvalue weighted by atomic mass is 9.77. The first-order chi connectivity index (χ1) is 9.60. The molecule has 1 aliphatic rings. The number of ether oxygens (including phenoxy) is 2. The fraction of sp³-hybridized carbons (Fsp3) is 0.429. The smallest absolute Gasteiger partial charge is 0.333 e. The van der Waals surface area contributed by atoms with Crippen LogP contribution in [0.5, 0.6) is 5.75 Å². The molecule has 0 aliphatic heterocycles. The lowest BCUT2D eigenvalue weighted by Gasteiger charge is -2.38. The Kier molecular flexibility index (Phi) is 3.20. The molecule has 5 nitrogen and oxygen atoms in total. The summed E-state index contributed by atoms with van der Waals surface area (Å²) < 4.78 is 12.8. The number of benzene rings is 1. The minimum atomic E-state index is -0.631. The fourth-order valence-corrected chi connectivity index (χ4v) is 3.15. The van der Waals surface area contributed by atoms with Gasteiger partial charge in [-0.05, 0) is 41.3 Å². The second-order valence-electron chi connectivity index (χ2n) is 5.00. The van der Waals surface area contributed by atoms with E-state index in [4.69, 9.17) is 9.47 Å². The van der Waals surface area contributed by atoms with E-state index < -0.39 is 5.54 Å². The van der Waals surface area contributed by atoms with Crippen molar-refractivity contribution in [1.29, 1.82) is 0 Å². The van der Waals surface area contributed by atoms with Crippen molar-refractivity contribution < 1.29 is 14.3 Å². The van der Waals surface area contributed by atoms with Crippen molar-refractivity contribution in [2.75, 3.05) is 14.2 Å². The topological polar surface area (TPSA) is 53.4 Å². The van der Waals surface area contributed by atoms with Crippen LogP contribution < -0.4 is 4.74 Å². The van der Waals surface area contributed by atoms with Crippen molar-refractivity contribution in [1.82, 2.24) is 9.78 Å². The Morgan fingerprint density at radius 1 is 1.40 bits per heavy atom. The Hall–Kier alpha value is -1.56. The monoisotopic (exact) mass is 338 g/mol. The zero-order valence-electron chi connectivity index (χ0n) is 11.4. The van der Waals surface area contributed by atoms with Gasteiger partial charge in [-0.2, -0.15) is 5.10 Å². The Balaban J connectivity index is 2.11. The third-order valence-corrected chi connectivity index (χ3v) is 4.58. The van der Waals surface area contributed by atoms with E-state index in [0.717, 1.165) is 40.4 Å². The van der Waals surface area contributed by atoms with Crippen LogP contribution in [0.1, 0.15) is 19.3 Å². The molecule has 106 valence electrons. The lowest BCUT2D eigenvalue weighted by Crippen LogP contribution is -2.48. The molecule has 1 saturated carbocycles. The summed E-state index contributed by atoms with van der Waals surface area (Å²) in [5.41, 5.74) is 0.174. The van der Waals surface area contributed by atoms with Crippen LogP contribution in [0.15, 0.2) is 22.8 Å². The van der Waals surface area contributed by atoms with Gasteiger partial charge in [0.05, 0.1) is 24.2 Å². The van der Waals surface area contributed by atoms with Gasteiger partial charge >= 0.3 is 5.97 Å². The Bertz CT molecular complexity index is 676. The van der Waals surface area contributed by atoms with E-state index in [1.165, 1.54) is 7.11 Å². The highest BCUT2D eigenvalue weighted by molar-refractivity contribution is 9.10. The fourth-order valence-electron chi connectivity index (χ4n) is 2.63.